The first kappa shape index (κ1) is 18.6. The zero-order valence-corrected chi connectivity index (χ0v) is 16.5. The minimum absolute atomic E-state index is 0.0871. The van der Waals surface area contributed by atoms with E-state index in [9.17, 15) is 18.0 Å². The van der Waals surface area contributed by atoms with Gasteiger partial charge in [0.25, 0.3) is 5.91 Å². The Balaban J connectivity index is 1.60. The van der Waals surface area contributed by atoms with Crippen LogP contribution in [0, 0.1) is 6.92 Å². The lowest BCUT2D eigenvalue weighted by Gasteiger charge is -2.01. The highest BCUT2D eigenvalue weighted by molar-refractivity contribution is 7.20. The molecule has 7 nitrogen and oxygen atoms in total. The van der Waals surface area contributed by atoms with E-state index in [0.29, 0.717) is 10.8 Å². The topological polar surface area (TPSA) is 77.6 Å². The number of alkyl halides is 3. The Bertz CT molecular complexity index is 1200. The zero-order chi connectivity index (χ0) is 20.2. The van der Waals surface area contributed by atoms with Crippen molar-refractivity contribution in [2.24, 2.45) is 14.1 Å². The minimum Gasteiger partial charge on any atom is -0.297 e. The summed E-state index contributed by atoms with van der Waals surface area (Å²) in [6, 6.07) is 1.21. The lowest BCUT2D eigenvalue weighted by molar-refractivity contribution is -0.140. The average Bonchev–Trinajstić information content (AvgIpc) is 3.32. The summed E-state index contributed by atoms with van der Waals surface area (Å²) in [7, 11) is 3.22. The van der Waals surface area contributed by atoms with Crippen LogP contribution >= 0.6 is 22.7 Å². The second kappa shape index (κ2) is 6.41. The average molecular weight is 426 g/mol. The van der Waals surface area contributed by atoms with Crippen LogP contribution in [0.5, 0.6) is 0 Å². The Morgan fingerprint density at radius 3 is 2.64 bits per heavy atom. The number of aromatic nitrogens is 5. The van der Waals surface area contributed by atoms with Crippen LogP contribution in [0.15, 0.2) is 17.6 Å². The predicted octanol–water partition coefficient (Wildman–Crippen LogP) is 4.07. The van der Waals surface area contributed by atoms with Crippen molar-refractivity contribution < 1.29 is 18.0 Å². The number of nitrogens with one attached hydrogen (secondary N) is 1. The van der Waals surface area contributed by atoms with E-state index in [0.717, 1.165) is 27.3 Å². The van der Waals surface area contributed by atoms with Crippen LogP contribution < -0.4 is 5.32 Å². The molecule has 28 heavy (non-hydrogen) atoms. The van der Waals surface area contributed by atoms with Gasteiger partial charge < -0.3 is 0 Å². The number of fused-ring (bicyclic) bond motifs is 1. The van der Waals surface area contributed by atoms with Gasteiger partial charge in [-0.15, -0.1) is 22.7 Å². The molecule has 0 saturated heterocycles. The van der Waals surface area contributed by atoms with Crippen molar-refractivity contribution in [2.75, 3.05) is 5.32 Å². The summed E-state index contributed by atoms with van der Waals surface area (Å²) in [4.78, 5) is 17.3. The predicted molar refractivity (Wildman–Crippen MR) is 101 cm³/mol. The maximum absolute atomic E-state index is 13.1. The standard InChI is InChI=1S/C16H13F3N6OS2/c1-7-9(5-24(2)22-7)10-6-27-15(20-10)21-13(26)11-4-8-12(16(17,18)19)23-25(3)14(8)28-11/h4-6H,1-3H3,(H,20,21,26). The molecule has 0 bridgehead atoms. The van der Waals surface area contributed by atoms with Crippen LogP contribution in [0.1, 0.15) is 21.1 Å². The number of carbonyl (C=O) groups excluding carboxylic acids is 1. The van der Waals surface area contributed by atoms with Gasteiger partial charge in [-0.2, -0.15) is 23.4 Å². The van der Waals surface area contributed by atoms with Gasteiger partial charge in [0.2, 0.25) is 0 Å². The summed E-state index contributed by atoms with van der Waals surface area (Å²) in [6.07, 6.45) is -2.76. The third-order valence-electron chi connectivity index (χ3n) is 4.02. The third-order valence-corrected chi connectivity index (χ3v) is 5.98. The van der Waals surface area contributed by atoms with Gasteiger partial charge in [0.1, 0.15) is 4.83 Å². The molecule has 0 radical (unpaired) electrons. The fourth-order valence-electron chi connectivity index (χ4n) is 2.83. The summed E-state index contributed by atoms with van der Waals surface area (Å²) in [6.45, 7) is 1.86. The zero-order valence-electron chi connectivity index (χ0n) is 14.8. The largest absolute Gasteiger partial charge is 0.435 e. The second-order valence-corrected chi connectivity index (χ2v) is 7.98. The van der Waals surface area contributed by atoms with E-state index < -0.39 is 17.8 Å². The van der Waals surface area contributed by atoms with Crippen molar-refractivity contribution in [3.63, 3.8) is 0 Å². The number of rotatable bonds is 3. The Hall–Kier alpha value is -2.73. The van der Waals surface area contributed by atoms with Crippen molar-refractivity contribution in [1.29, 1.82) is 0 Å². The van der Waals surface area contributed by atoms with E-state index in [2.05, 4.69) is 20.5 Å². The molecule has 0 fully saturated rings. The second-order valence-electron chi connectivity index (χ2n) is 6.09. The molecule has 0 saturated carbocycles. The first-order valence-electron chi connectivity index (χ1n) is 7.94. The molecule has 0 atom stereocenters. The highest BCUT2D eigenvalue weighted by Gasteiger charge is 2.37. The van der Waals surface area contributed by atoms with E-state index >= 15 is 0 Å². The van der Waals surface area contributed by atoms with Gasteiger partial charge in [-0.25, -0.2) is 4.98 Å². The summed E-state index contributed by atoms with van der Waals surface area (Å²) in [5.74, 6) is -0.516. The molecular weight excluding hydrogens is 413 g/mol. The number of thiophene rings is 1. The number of halogens is 3. The first-order chi connectivity index (χ1) is 13.1. The summed E-state index contributed by atoms with van der Waals surface area (Å²) in [5.41, 5.74) is 1.33. The van der Waals surface area contributed by atoms with Crippen molar-refractivity contribution in [3.05, 3.63) is 33.9 Å². The lowest BCUT2D eigenvalue weighted by Crippen LogP contribution is -2.10. The normalized spacial score (nSPS) is 12.1. The molecule has 0 spiro atoms. The Morgan fingerprint density at radius 1 is 1.25 bits per heavy atom. The molecule has 0 aliphatic heterocycles. The van der Waals surface area contributed by atoms with Crippen molar-refractivity contribution in [1.82, 2.24) is 24.5 Å². The van der Waals surface area contributed by atoms with Crippen molar-refractivity contribution >= 4 is 43.9 Å². The van der Waals surface area contributed by atoms with E-state index in [1.807, 2.05) is 13.1 Å². The van der Waals surface area contributed by atoms with Gasteiger partial charge in [-0.05, 0) is 13.0 Å². The molecule has 0 aliphatic rings. The molecule has 0 aliphatic carbocycles. The molecule has 1 N–H and O–H groups in total. The SMILES string of the molecule is Cc1nn(C)cc1-c1csc(NC(=O)c2cc3c(C(F)(F)F)nn(C)c3s2)n1. The minimum atomic E-state index is -4.58. The van der Waals surface area contributed by atoms with Gasteiger partial charge in [-0.1, -0.05) is 0 Å². The van der Waals surface area contributed by atoms with Gasteiger partial charge in [0.15, 0.2) is 10.8 Å². The Labute approximate surface area is 164 Å². The molecule has 4 aromatic heterocycles. The molecule has 0 unspecified atom stereocenters. The van der Waals surface area contributed by atoms with Gasteiger partial charge in [0, 0.05) is 36.6 Å². The number of thiazole rings is 1. The van der Waals surface area contributed by atoms with E-state index in [1.54, 1.807) is 17.1 Å². The molecule has 4 rings (SSSR count). The van der Waals surface area contributed by atoms with Gasteiger partial charge in [0.05, 0.1) is 16.3 Å². The van der Waals surface area contributed by atoms with Crippen LogP contribution in [0.3, 0.4) is 0 Å². The monoisotopic (exact) mass is 426 g/mol. The van der Waals surface area contributed by atoms with E-state index in [4.69, 9.17) is 0 Å². The highest BCUT2D eigenvalue weighted by atomic mass is 32.1. The fraction of sp³-hybridized carbons (Fsp3) is 0.250. The molecule has 1 amide bonds. The summed E-state index contributed by atoms with van der Waals surface area (Å²) >= 11 is 2.18. The van der Waals surface area contributed by atoms with E-state index in [1.165, 1.54) is 24.5 Å². The van der Waals surface area contributed by atoms with Crippen LogP contribution in [0.2, 0.25) is 0 Å². The summed E-state index contributed by atoms with van der Waals surface area (Å²) < 4.78 is 42.1. The molecule has 4 heterocycles. The van der Waals surface area contributed by atoms with E-state index in [-0.39, 0.29) is 15.1 Å². The van der Waals surface area contributed by atoms with Crippen molar-refractivity contribution in [2.45, 2.75) is 13.1 Å². The third kappa shape index (κ3) is 3.18. The van der Waals surface area contributed by atoms with Gasteiger partial charge >= 0.3 is 6.18 Å². The highest BCUT2D eigenvalue weighted by Crippen LogP contribution is 2.37. The van der Waals surface area contributed by atoms with Crippen LogP contribution in [0.4, 0.5) is 18.3 Å². The number of hydrogen-bond acceptors (Lipinski definition) is 6. The number of amides is 1. The fourth-order valence-corrected chi connectivity index (χ4v) is 4.50. The lowest BCUT2D eigenvalue weighted by atomic mass is 10.2. The van der Waals surface area contributed by atoms with Gasteiger partial charge in [-0.3, -0.25) is 19.5 Å². The quantitative estimate of drug-likeness (QED) is 0.536. The number of aryl methyl sites for hydroxylation is 3. The Kier molecular flexibility index (Phi) is 4.27. The van der Waals surface area contributed by atoms with Crippen LogP contribution in [-0.4, -0.2) is 30.5 Å². The van der Waals surface area contributed by atoms with Crippen LogP contribution in [0.25, 0.3) is 21.5 Å². The number of carbonyl (C=O) groups is 1. The Morgan fingerprint density at radius 2 is 2.00 bits per heavy atom. The maximum atomic E-state index is 13.1. The number of hydrogen-bond donors (Lipinski definition) is 1. The molecule has 12 heteroatoms. The summed E-state index contributed by atoms with van der Waals surface area (Å²) in [5, 5.41) is 12.5. The van der Waals surface area contributed by atoms with Crippen LogP contribution in [-0.2, 0) is 20.3 Å². The first-order valence-corrected chi connectivity index (χ1v) is 9.64. The molecule has 0 aromatic carbocycles. The maximum Gasteiger partial charge on any atom is 0.435 e. The molecular formula is C16H13F3N6OS2. The number of anilines is 1. The molecule has 4 aromatic rings. The molecule has 146 valence electrons. The smallest absolute Gasteiger partial charge is 0.297 e. The van der Waals surface area contributed by atoms with Crippen molar-refractivity contribution in [3.8, 4) is 11.3 Å². The number of nitrogens with zero attached hydrogens (tertiary/aromatic N) is 5.